The van der Waals surface area contributed by atoms with E-state index in [9.17, 15) is 4.79 Å². The molecule has 0 saturated heterocycles. The molecule has 0 spiro atoms. The molecule has 0 bridgehead atoms. The van der Waals surface area contributed by atoms with E-state index in [2.05, 4.69) is 10.3 Å². The number of carbonyl (C=O) groups is 1. The SMILES string of the molecule is COc1ccc(C)cc1NC(=O)/C=C/c1nc2ccccc2o1. The van der Waals surface area contributed by atoms with Crippen molar-refractivity contribution in [1.82, 2.24) is 4.98 Å². The lowest BCUT2D eigenvalue weighted by Gasteiger charge is -2.09. The predicted molar refractivity (Wildman–Crippen MR) is 89.4 cm³/mol. The van der Waals surface area contributed by atoms with E-state index >= 15 is 0 Å². The molecule has 1 N–H and O–H groups in total. The maximum Gasteiger partial charge on any atom is 0.248 e. The zero-order valence-corrected chi connectivity index (χ0v) is 12.9. The summed E-state index contributed by atoms with van der Waals surface area (Å²) in [7, 11) is 1.56. The van der Waals surface area contributed by atoms with Crippen LogP contribution in [-0.4, -0.2) is 18.0 Å². The molecule has 116 valence electrons. The molecule has 3 aromatic rings. The Morgan fingerprint density at radius 3 is 2.87 bits per heavy atom. The monoisotopic (exact) mass is 308 g/mol. The van der Waals surface area contributed by atoms with Crippen LogP contribution in [0.25, 0.3) is 17.2 Å². The Hall–Kier alpha value is -3.08. The number of aromatic nitrogens is 1. The number of nitrogens with one attached hydrogen (secondary N) is 1. The number of aryl methyl sites for hydroxylation is 1. The normalized spacial score (nSPS) is 11.0. The summed E-state index contributed by atoms with van der Waals surface area (Å²) < 4.78 is 10.8. The van der Waals surface area contributed by atoms with Crippen LogP contribution in [0.3, 0.4) is 0 Å². The Morgan fingerprint density at radius 2 is 2.09 bits per heavy atom. The third-order valence-electron chi connectivity index (χ3n) is 3.30. The number of rotatable bonds is 4. The fourth-order valence-corrected chi connectivity index (χ4v) is 2.20. The van der Waals surface area contributed by atoms with Crippen LogP contribution in [0.5, 0.6) is 5.75 Å². The molecule has 1 heterocycles. The van der Waals surface area contributed by atoms with E-state index in [4.69, 9.17) is 9.15 Å². The van der Waals surface area contributed by atoms with Gasteiger partial charge in [0, 0.05) is 12.2 Å². The number of fused-ring (bicyclic) bond motifs is 1. The molecule has 1 amide bonds. The Kier molecular flexibility index (Phi) is 4.10. The highest BCUT2D eigenvalue weighted by Crippen LogP contribution is 2.25. The van der Waals surface area contributed by atoms with Crippen molar-refractivity contribution in [3.8, 4) is 5.75 Å². The van der Waals surface area contributed by atoms with Crippen molar-refractivity contribution in [2.75, 3.05) is 12.4 Å². The van der Waals surface area contributed by atoms with Crippen LogP contribution in [-0.2, 0) is 4.79 Å². The highest BCUT2D eigenvalue weighted by molar-refractivity contribution is 6.02. The number of hydrogen-bond acceptors (Lipinski definition) is 4. The van der Waals surface area contributed by atoms with E-state index in [0.717, 1.165) is 11.1 Å². The smallest absolute Gasteiger partial charge is 0.248 e. The first kappa shape index (κ1) is 14.8. The second kappa shape index (κ2) is 6.36. The molecule has 5 heteroatoms. The first-order valence-electron chi connectivity index (χ1n) is 7.15. The molecule has 5 nitrogen and oxygen atoms in total. The summed E-state index contributed by atoms with van der Waals surface area (Å²) in [5.74, 6) is 0.716. The topological polar surface area (TPSA) is 64.4 Å². The van der Waals surface area contributed by atoms with E-state index in [1.807, 2.05) is 49.4 Å². The minimum Gasteiger partial charge on any atom is -0.495 e. The summed E-state index contributed by atoms with van der Waals surface area (Å²) in [5, 5.41) is 2.79. The van der Waals surface area contributed by atoms with E-state index in [-0.39, 0.29) is 5.91 Å². The molecule has 0 fully saturated rings. The highest BCUT2D eigenvalue weighted by atomic mass is 16.5. The molecule has 1 aromatic heterocycles. The fourth-order valence-electron chi connectivity index (χ4n) is 2.20. The van der Waals surface area contributed by atoms with Gasteiger partial charge in [0.25, 0.3) is 0 Å². The summed E-state index contributed by atoms with van der Waals surface area (Å²) >= 11 is 0. The fraction of sp³-hybridized carbons (Fsp3) is 0.111. The number of oxazole rings is 1. The van der Waals surface area contributed by atoms with Crippen molar-refractivity contribution in [2.45, 2.75) is 6.92 Å². The number of hydrogen-bond donors (Lipinski definition) is 1. The number of anilines is 1. The number of nitrogens with zero attached hydrogens (tertiary/aromatic N) is 1. The lowest BCUT2D eigenvalue weighted by atomic mass is 10.2. The van der Waals surface area contributed by atoms with E-state index < -0.39 is 0 Å². The Balaban J connectivity index is 1.75. The van der Waals surface area contributed by atoms with Gasteiger partial charge in [0.05, 0.1) is 12.8 Å². The van der Waals surface area contributed by atoms with Gasteiger partial charge in [0.2, 0.25) is 11.8 Å². The maximum absolute atomic E-state index is 12.1. The predicted octanol–water partition coefficient (Wildman–Crippen LogP) is 3.80. The van der Waals surface area contributed by atoms with Crippen molar-refractivity contribution in [3.05, 3.63) is 60.0 Å². The zero-order valence-electron chi connectivity index (χ0n) is 12.9. The summed E-state index contributed by atoms with van der Waals surface area (Å²) in [6, 6.07) is 13.0. The molecule has 0 aliphatic rings. The van der Waals surface area contributed by atoms with Crippen molar-refractivity contribution in [2.24, 2.45) is 0 Å². The summed E-state index contributed by atoms with van der Waals surface area (Å²) in [5.41, 5.74) is 3.10. The molecule has 0 aliphatic carbocycles. The summed E-state index contributed by atoms with van der Waals surface area (Å²) in [6.45, 7) is 1.95. The molecule has 0 aliphatic heterocycles. The standard InChI is InChI=1S/C18H16N2O3/c1-12-7-8-15(22-2)14(11-12)19-17(21)9-10-18-20-13-5-3-4-6-16(13)23-18/h3-11H,1-2H3,(H,19,21)/b10-9+. The lowest BCUT2D eigenvalue weighted by molar-refractivity contribution is -0.111. The average Bonchev–Trinajstić information content (AvgIpc) is 2.96. The van der Waals surface area contributed by atoms with Gasteiger partial charge in [-0.2, -0.15) is 0 Å². The largest absolute Gasteiger partial charge is 0.495 e. The zero-order chi connectivity index (χ0) is 16.2. The van der Waals surface area contributed by atoms with Crippen molar-refractivity contribution in [3.63, 3.8) is 0 Å². The molecule has 0 unspecified atom stereocenters. The van der Waals surface area contributed by atoms with Gasteiger partial charge in [-0.05, 0) is 36.8 Å². The molecular formula is C18H16N2O3. The number of carbonyl (C=O) groups excluding carboxylic acids is 1. The first-order valence-corrected chi connectivity index (χ1v) is 7.15. The molecule has 0 atom stereocenters. The molecule has 3 rings (SSSR count). The van der Waals surface area contributed by atoms with Gasteiger partial charge in [-0.1, -0.05) is 18.2 Å². The third-order valence-corrected chi connectivity index (χ3v) is 3.30. The second-order valence-electron chi connectivity index (χ2n) is 5.05. The van der Waals surface area contributed by atoms with Crippen molar-refractivity contribution >= 4 is 28.8 Å². The Labute approximate surface area is 133 Å². The third kappa shape index (κ3) is 3.40. The number of amides is 1. The van der Waals surface area contributed by atoms with Gasteiger partial charge in [-0.3, -0.25) is 4.79 Å². The van der Waals surface area contributed by atoms with Gasteiger partial charge in [0.1, 0.15) is 11.3 Å². The first-order chi connectivity index (χ1) is 11.2. The van der Waals surface area contributed by atoms with Gasteiger partial charge in [-0.25, -0.2) is 4.98 Å². The van der Waals surface area contributed by atoms with Crippen LogP contribution >= 0.6 is 0 Å². The van der Waals surface area contributed by atoms with Crippen LogP contribution in [0.1, 0.15) is 11.5 Å². The summed E-state index contributed by atoms with van der Waals surface area (Å²) in [4.78, 5) is 16.3. The quantitative estimate of drug-likeness (QED) is 0.745. The molecular weight excluding hydrogens is 292 g/mol. The van der Waals surface area contributed by atoms with Crippen LogP contribution in [0.15, 0.2) is 53.0 Å². The number of methoxy groups -OCH3 is 1. The van der Waals surface area contributed by atoms with Crippen LogP contribution in [0, 0.1) is 6.92 Å². The van der Waals surface area contributed by atoms with Gasteiger partial charge in [-0.15, -0.1) is 0 Å². The molecule has 0 radical (unpaired) electrons. The molecule has 2 aromatic carbocycles. The molecule has 23 heavy (non-hydrogen) atoms. The number of para-hydroxylation sites is 2. The van der Waals surface area contributed by atoms with Crippen LogP contribution < -0.4 is 10.1 Å². The van der Waals surface area contributed by atoms with E-state index in [0.29, 0.717) is 22.9 Å². The Bertz CT molecular complexity index is 848. The maximum atomic E-state index is 12.1. The summed E-state index contributed by atoms with van der Waals surface area (Å²) in [6.07, 6.45) is 2.92. The minimum atomic E-state index is -0.281. The van der Waals surface area contributed by atoms with E-state index in [1.54, 1.807) is 7.11 Å². The number of ether oxygens (including phenoxy) is 1. The highest BCUT2D eigenvalue weighted by Gasteiger charge is 2.06. The van der Waals surface area contributed by atoms with Gasteiger partial charge >= 0.3 is 0 Å². The van der Waals surface area contributed by atoms with Crippen LogP contribution in [0.2, 0.25) is 0 Å². The van der Waals surface area contributed by atoms with Crippen molar-refractivity contribution in [1.29, 1.82) is 0 Å². The van der Waals surface area contributed by atoms with E-state index in [1.165, 1.54) is 12.2 Å². The van der Waals surface area contributed by atoms with Crippen molar-refractivity contribution < 1.29 is 13.9 Å². The van der Waals surface area contributed by atoms with Crippen LogP contribution in [0.4, 0.5) is 5.69 Å². The lowest BCUT2D eigenvalue weighted by Crippen LogP contribution is -2.09. The molecule has 0 saturated carbocycles. The minimum absolute atomic E-state index is 0.281. The average molecular weight is 308 g/mol. The van der Waals surface area contributed by atoms with Gasteiger partial charge < -0.3 is 14.5 Å². The number of benzene rings is 2. The Morgan fingerprint density at radius 1 is 1.26 bits per heavy atom. The van der Waals surface area contributed by atoms with Gasteiger partial charge in [0.15, 0.2) is 5.58 Å². The second-order valence-corrected chi connectivity index (χ2v) is 5.05.